The highest BCUT2D eigenvalue weighted by atomic mass is 32.2. The highest BCUT2D eigenvalue weighted by Crippen LogP contribution is 2.19. The Kier molecular flexibility index (Phi) is 6.88. The van der Waals surface area contributed by atoms with Crippen LogP contribution in [0.2, 0.25) is 0 Å². The molecule has 2 N–H and O–H groups in total. The fourth-order valence-electron chi connectivity index (χ4n) is 2.31. The number of carbonyl (C=O) groups is 2. The van der Waals surface area contributed by atoms with Gasteiger partial charge in [0.05, 0.1) is 16.7 Å². The predicted octanol–water partition coefficient (Wildman–Crippen LogP) is 2.38. The van der Waals surface area contributed by atoms with Crippen molar-refractivity contribution in [3.8, 4) is 5.69 Å². The van der Waals surface area contributed by atoms with Gasteiger partial charge in [-0.1, -0.05) is 23.0 Å². The van der Waals surface area contributed by atoms with Crippen molar-refractivity contribution in [3.63, 3.8) is 0 Å². The topological polar surface area (TPSA) is 128 Å². The van der Waals surface area contributed by atoms with Crippen molar-refractivity contribution >= 4 is 46.8 Å². The van der Waals surface area contributed by atoms with Crippen LogP contribution in [-0.4, -0.2) is 54.4 Å². The number of hydrogen-bond acceptors (Lipinski definition) is 9. The Balaban J connectivity index is 1.53. The van der Waals surface area contributed by atoms with E-state index in [0.717, 1.165) is 5.69 Å². The van der Waals surface area contributed by atoms with E-state index in [1.165, 1.54) is 23.5 Å². The predicted molar refractivity (Wildman–Crippen MR) is 111 cm³/mol. The molecule has 0 bridgehead atoms. The lowest BCUT2D eigenvalue weighted by Crippen LogP contribution is -2.25. The minimum Gasteiger partial charge on any atom is -0.360 e. The van der Waals surface area contributed by atoms with E-state index in [4.69, 9.17) is 4.52 Å². The van der Waals surface area contributed by atoms with Gasteiger partial charge < -0.3 is 15.2 Å². The molecule has 1 aromatic carbocycles. The summed E-state index contributed by atoms with van der Waals surface area (Å²) in [7, 11) is 0. The Morgan fingerprint density at radius 3 is 2.83 bits per heavy atom. The van der Waals surface area contributed by atoms with Gasteiger partial charge in [-0.2, -0.15) is 4.68 Å². The van der Waals surface area contributed by atoms with E-state index in [-0.39, 0.29) is 17.6 Å². The summed E-state index contributed by atoms with van der Waals surface area (Å²) in [6.45, 7) is 3.46. The van der Waals surface area contributed by atoms with Gasteiger partial charge in [-0.3, -0.25) is 9.59 Å². The Morgan fingerprint density at radius 1 is 1.28 bits per heavy atom. The molecular formula is C17H19N7O3S2. The lowest BCUT2D eigenvalue weighted by atomic mass is 10.3. The molecule has 0 saturated carbocycles. The maximum Gasteiger partial charge on any atom is 0.238 e. The number of thioether (sulfide) groups is 2. The fraction of sp³-hybridized carbons (Fsp3) is 0.294. The molecule has 3 rings (SSSR count). The minimum atomic E-state index is -0.436. The SMILES string of the molecule is CSc1nnnn1-c1cccc(NC(=O)CSC(C)C(=O)Nc2cc(C)on2)c1. The van der Waals surface area contributed by atoms with Gasteiger partial charge in [0, 0.05) is 11.8 Å². The average molecular weight is 434 g/mol. The molecule has 12 heteroatoms. The van der Waals surface area contributed by atoms with Crippen LogP contribution in [0.25, 0.3) is 5.69 Å². The summed E-state index contributed by atoms with van der Waals surface area (Å²) in [5, 5.41) is 20.9. The van der Waals surface area contributed by atoms with Crippen molar-refractivity contribution in [2.24, 2.45) is 0 Å². The van der Waals surface area contributed by atoms with Gasteiger partial charge in [0.2, 0.25) is 17.0 Å². The molecule has 0 radical (unpaired) electrons. The monoisotopic (exact) mass is 433 g/mol. The molecule has 3 aromatic rings. The molecule has 29 heavy (non-hydrogen) atoms. The van der Waals surface area contributed by atoms with E-state index in [0.29, 0.717) is 22.4 Å². The second-order valence-electron chi connectivity index (χ2n) is 5.94. The third-order valence-electron chi connectivity index (χ3n) is 3.71. The smallest absolute Gasteiger partial charge is 0.238 e. The lowest BCUT2D eigenvalue weighted by Gasteiger charge is -2.11. The third-order valence-corrected chi connectivity index (χ3v) is 5.47. The van der Waals surface area contributed by atoms with Gasteiger partial charge in [0.25, 0.3) is 0 Å². The molecule has 1 unspecified atom stereocenters. The molecule has 0 aliphatic rings. The fourth-order valence-corrected chi connectivity index (χ4v) is 3.43. The van der Waals surface area contributed by atoms with Gasteiger partial charge >= 0.3 is 0 Å². The largest absolute Gasteiger partial charge is 0.360 e. The molecule has 1 atom stereocenters. The van der Waals surface area contributed by atoms with Crippen LogP contribution in [0.3, 0.4) is 0 Å². The van der Waals surface area contributed by atoms with Gasteiger partial charge in [0.15, 0.2) is 5.82 Å². The number of benzene rings is 1. The van der Waals surface area contributed by atoms with E-state index >= 15 is 0 Å². The molecule has 0 aliphatic carbocycles. The first kappa shape index (κ1) is 20.9. The van der Waals surface area contributed by atoms with Gasteiger partial charge in [-0.15, -0.1) is 16.9 Å². The van der Waals surface area contributed by atoms with Crippen LogP contribution in [0.5, 0.6) is 0 Å². The van der Waals surface area contributed by atoms with Crippen molar-refractivity contribution in [3.05, 3.63) is 36.1 Å². The van der Waals surface area contributed by atoms with E-state index in [1.54, 1.807) is 42.8 Å². The lowest BCUT2D eigenvalue weighted by molar-refractivity contribution is -0.115. The zero-order chi connectivity index (χ0) is 20.8. The summed E-state index contributed by atoms with van der Waals surface area (Å²) in [6.07, 6.45) is 1.88. The number of carbonyl (C=O) groups excluding carboxylic acids is 2. The average Bonchev–Trinajstić information content (AvgIpc) is 3.34. The zero-order valence-electron chi connectivity index (χ0n) is 15.9. The van der Waals surface area contributed by atoms with Crippen LogP contribution in [0.15, 0.2) is 40.0 Å². The molecule has 2 heterocycles. The summed E-state index contributed by atoms with van der Waals surface area (Å²) >= 11 is 2.64. The molecule has 2 amide bonds. The van der Waals surface area contributed by atoms with Gasteiger partial charge in [-0.05, 0) is 48.7 Å². The second-order valence-corrected chi connectivity index (χ2v) is 8.04. The van der Waals surface area contributed by atoms with Gasteiger partial charge in [-0.25, -0.2) is 0 Å². The number of aromatic nitrogens is 5. The highest BCUT2D eigenvalue weighted by Gasteiger charge is 2.17. The Hall–Kier alpha value is -2.86. The molecule has 152 valence electrons. The number of nitrogens with zero attached hydrogens (tertiary/aromatic N) is 5. The number of anilines is 2. The maximum absolute atomic E-state index is 12.3. The van der Waals surface area contributed by atoms with E-state index in [1.807, 2.05) is 12.3 Å². The molecule has 10 nitrogen and oxygen atoms in total. The maximum atomic E-state index is 12.3. The minimum absolute atomic E-state index is 0.123. The third kappa shape index (κ3) is 5.57. The van der Waals surface area contributed by atoms with Crippen LogP contribution in [-0.2, 0) is 9.59 Å². The van der Waals surface area contributed by atoms with E-state index in [2.05, 4.69) is 31.3 Å². The molecule has 0 aliphatic heterocycles. The van der Waals surface area contributed by atoms with Crippen LogP contribution in [0, 0.1) is 6.92 Å². The number of tetrazole rings is 1. The van der Waals surface area contributed by atoms with Crippen molar-refractivity contribution in [1.29, 1.82) is 0 Å². The standard InChI is InChI=1S/C17H19N7O3S2/c1-10-7-14(21-27-10)19-16(26)11(2)29-9-15(25)18-12-5-4-6-13(8-12)24-17(28-3)20-22-23-24/h4-8,11H,9H2,1-3H3,(H,18,25)(H,19,21,26). The number of amides is 2. The first-order valence-corrected chi connectivity index (χ1v) is 10.8. The van der Waals surface area contributed by atoms with Crippen molar-refractivity contribution in [2.75, 3.05) is 22.6 Å². The summed E-state index contributed by atoms with van der Waals surface area (Å²) in [5.41, 5.74) is 1.35. The molecular weight excluding hydrogens is 414 g/mol. The first-order valence-electron chi connectivity index (χ1n) is 8.54. The zero-order valence-corrected chi connectivity index (χ0v) is 17.6. The summed E-state index contributed by atoms with van der Waals surface area (Å²) in [5.74, 6) is 0.617. The van der Waals surface area contributed by atoms with Crippen LogP contribution < -0.4 is 10.6 Å². The second kappa shape index (κ2) is 9.56. The van der Waals surface area contributed by atoms with Crippen LogP contribution in [0.4, 0.5) is 11.5 Å². The number of hydrogen-bond donors (Lipinski definition) is 2. The molecule has 0 spiro atoms. The first-order chi connectivity index (χ1) is 14.0. The highest BCUT2D eigenvalue weighted by molar-refractivity contribution is 8.01. The van der Waals surface area contributed by atoms with Crippen molar-refractivity contribution in [2.45, 2.75) is 24.3 Å². The molecule has 0 fully saturated rings. The Labute approximate surface area is 175 Å². The number of nitrogens with one attached hydrogen (secondary N) is 2. The Morgan fingerprint density at radius 2 is 2.10 bits per heavy atom. The molecule has 0 saturated heterocycles. The van der Waals surface area contributed by atoms with Crippen LogP contribution in [0.1, 0.15) is 12.7 Å². The quantitative estimate of drug-likeness (QED) is 0.515. The summed E-state index contributed by atoms with van der Waals surface area (Å²) in [4.78, 5) is 24.4. The number of aryl methyl sites for hydroxylation is 1. The normalized spacial score (nSPS) is 11.8. The number of rotatable bonds is 8. The summed E-state index contributed by atoms with van der Waals surface area (Å²) < 4.78 is 6.50. The van der Waals surface area contributed by atoms with Crippen molar-refractivity contribution < 1.29 is 14.1 Å². The van der Waals surface area contributed by atoms with Crippen molar-refractivity contribution in [1.82, 2.24) is 25.4 Å². The van der Waals surface area contributed by atoms with Gasteiger partial charge in [0.1, 0.15) is 5.76 Å². The molecule has 2 aromatic heterocycles. The summed E-state index contributed by atoms with van der Waals surface area (Å²) in [6, 6.07) is 8.83. The van der Waals surface area contributed by atoms with Crippen LogP contribution >= 0.6 is 23.5 Å². The van der Waals surface area contributed by atoms with E-state index < -0.39 is 5.25 Å². The van der Waals surface area contributed by atoms with E-state index in [9.17, 15) is 9.59 Å². The Bertz CT molecular complexity index is 1000.